The van der Waals surface area contributed by atoms with E-state index in [1.54, 1.807) is 17.6 Å². The first-order valence-corrected chi connectivity index (χ1v) is 9.76. The molecule has 0 amide bonds. The number of esters is 1. The number of carbonyl (C=O) groups is 1. The second-order valence-electron chi connectivity index (χ2n) is 6.58. The van der Waals surface area contributed by atoms with Gasteiger partial charge in [0.15, 0.2) is 5.65 Å². The van der Waals surface area contributed by atoms with Crippen molar-refractivity contribution in [1.82, 2.24) is 14.5 Å². The van der Waals surface area contributed by atoms with Crippen LogP contribution >= 0.6 is 11.6 Å². The molecule has 2 aliphatic heterocycles. The molecule has 146 valence electrons. The van der Waals surface area contributed by atoms with Crippen LogP contribution in [0.2, 0.25) is 5.15 Å². The van der Waals surface area contributed by atoms with Crippen LogP contribution in [-0.2, 0) is 14.2 Å². The molecule has 0 N–H and O–H groups in total. The number of pyridine rings is 1. The zero-order valence-electron chi connectivity index (χ0n) is 15.3. The van der Waals surface area contributed by atoms with Gasteiger partial charge < -0.3 is 19.1 Å². The van der Waals surface area contributed by atoms with Gasteiger partial charge in [0.05, 0.1) is 25.5 Å². The number of aromatic nitrogens is 3. The Morgan fingerprint density at radius 2 is 2.11 bits per heavy atom. The Balaban J connectivity index is 1.87. The third-order valence-electron chi connectivity index (χ3n) is 4.85. The number of fused-ring (bicyclic) bond motifs is 1. The molecule has 2 aromatic rings. The van der Waals surface area contributed by atoms with Gasteiger partial charge in [-0.1, -0.05) is 11.6 Å². The van der Waals surface area contributed by atoms with E-state index in [0.29, 0.717) is 36.1 Å². The maximum absolute atomic E-state index is 12.6. The number of morpholine rings is 1. The van der Waals surface area contributed by atoms with Crippen molar-refractivity contribution in [3.8, 4) is 0 Å². The van der Waals surface area contributed by atoms with Crippen molar-refractivity contribution in [3.05, 3.63) is 17.0 Å². The quantitative estimate of drug-likeness (QED) is 0.582. The number of hydrogen-bond donors (Lipinski definition) is 0. The van der Waals surface area contributed by atoms with E-state index in [4.69, 9.17) is 25.8 Å². The molecule has 0 aliphatic carbocycles. The Kier molecular flexibility index (Phi) is 5.47. The highest BCUT2D eigenvalue weighted by atomic mass is 35.5. The van der Waals surface area contributed by atoms with Crippen LogP contribution in [-0.4, -0.2) is 60.0 Å². The van der Waals surface area contributed by atoms with E-state index in [1.165, 1.54) is 0 Å². The molecule has 8 nitrogen and oxygen atoms in total. The standard InChI is InChI=1S/C18H23ClN4O4/c1-2-26-18(24)17-21-15-12(22-6-9-25-10-7-22)11-13(19)20-16(15)23(17)14-5-3-4-8-27-14/h11,14H,2-10H2,1H3. The van der Waals surface area contributed by atoms with E-state index < -0.39 is 5.97 Å². The first-order valence-electron chi connectivity index (χ1n) is 9.39. The molecule has 0 saturated carbocycles. The number of ether oxygens (including phenoxy) is 3. The molecule has 4 rings (SSSR count). The largest absolute Gasteiger partial charge is 0.460 e. The smallest absolute Gasteiger partial charge is 0.374 e. The zero-order chi connectivity index (χ0) is 18.8. The summed E-state index contributed by atoms with van der Waals surface area (Å²) >= 11 is 6.34. The summed E-state index contributed by atoms with van der Waals surface area (Å²) in [5.74, 6) is -0.267. The third-order valence-corrected chi connectivity index (χ3v) is 5.04. The molecule has 2 aliphatic rings. The van der Waals surface area contributed by atoms with Crippen LogP contribution in [0.4, 0.5) is 5.69 Å². The molecule has 0 radical (unpaired) electrons. The number of halogens is 1. The van der Waals surface area contributed by atoms with Gasteiger partial charge in [0.25, 0.3) is 0 Å². The molecule has 27 heavy (non-hydrogen) atoms. The highest BCUT2D eigenvalue weighted by Gasteiger charge is 2.30. The lowest BCUT2D eigenvalue weighted by molar-refractivity contribution is -0.0321. The summed E-state index contributed by atoms with van der Waals surface area (Å²) in [6.07, 6.45) is 2.51. The second kappa shape index (κ2) is 8.00. The van der Waals surface area contributed by atoms with Crippen LogP contribution < -0.4 is 4.90 Å². The van der Waals surface area contributed by atoms with E-state index in [0.717, 1.165) is 38.0 Å². The Labute approximate surface area is 162 Å². The van der Waals surface area contributed by atoms with Gasteiger partial charge in [-0.25, -0.2) is 14.8 Å². The van der Waals surface area contributed by atoms with Gasteiger partial charge in [-0.05, 0) is 26.2 Å². The summed E-state index contributed by atoms with van der Waals surface area (Å²) in [7, 11) is 0. The lowest BCUT2D eigenvalue weighted by atomic mass is 10.2. The molecule has 2 aromatic heterocycles. The van der Waals surface area contributed by atoms with Crippen molar-refractivity contribution in [2.45, 2.75) is 32.4 Å². The van der Waals surface area contributed by atoms with Gasteiger partial charge in [0.2, 0.25) is 5.82 Å². The van der Waals surface area contributed by atoms with Crippen LogP contribution in [0.3, 0.4) is 0 Å². The number of imidazole rings is 1. The fraction of sp³-hybridized carbons (Fsp3) is 0.611. The van der Waals surface area contributed by atoms with Crippen molar-refractivity contribution >= 4 is 34.4 Å². The molecule has 1 atom stereocenters. The first kappa shape index (κ1) is 18.5. The second-order valence-corrected chi connectivity index (χ2v) is 6.97. The molecule has 0 spiro atoms. The summed E-state index contributed by atoms with van der Waals surface area (Å²) < 4.78 is 18.4. The van der Waals surface area contributed by atoms with E-state index in [9.17, 15) is 4.79 Å². The summed E-state index contributed by atoms with van der Waals surface area (Å²) in [5, 5.41) is 0.358. The SMILES string of the molecule is CCOC(=O)c1nc2c(N3CCOCC3)cc(Cl)nc2n1C1CCCCO1. The lowest BCUT2D eigenvalue weighted by Gasteiger charge is -2.29. The minimum absolute atomic E-state index is 0.211. The predicted molar refractivity (Wildman–Crippen MR) is 100 cm³/mol. The fourth-order valence-electron chi connectivity index (χ4n) is 3.60. The minimum Gasteiger partial charge on any atom is -0.460 e. The van der Waals surface area contributed by atoms with Crippen molar-refractivity contribution < 1.29 is 19.0 Å². The molecule has 0 bridgehead atoms. The fourth-order valence-corrected chi connectivity index (χ4v) is 3.79. The number of hydrogen-bond acceptors (Lipinski definition) is 7. The maximum atomic E-state index is 12.6. The molecular formula is C18H23ClN4O4. The summed E-state index contributed by atoms with van der Waals surface area (Å²) in [5.41, 5.74) is 2.05. The Morgan fingerprint density at radius 3 is 2.81 bits per heavy atom. The molecule has 9 heteroatoms. The normalized spacial score (nSPS) is 20.8. The monoisotopic (exact) mass is 394 g/mol. The molecule has 0 aromatic carbocycles. The molecule has 1 unspecified atom stereocenters. The third kappa shape index (κ3) is 3.61. The van der Waals surface area contributed by atoms with Gasteiger partial charge >= 0.3 is 5.97 Å². The van der Waals surface area contributed by atoms with E-state index in [2.05, 4.69) is 14.9 Å². The average Bonchev–Trinajstić information content (AvgIpc) is 3.08. The Hall–Kier alpha value is -1.90. The van der Waals surface area contributed by atoms with Crippen LogP contribution in [0.15, 0.2) is 6.07 Å². The van der Waals surface area contributed by atoms with Crippen LogP contribution in [0.5, 0.6) is 0 Å². The Bertz CT molecular complexity index is 828. The van der Waals surface area contributed by atoms with Crippen molar-refractivity contribution in [3.63, 3.8) is 0 Å². The zero-order valence-corrected chi connectivity index (χ0v) is 16.1. The van der Waals surface area contributed by atoms with Gasteiger partial charge in [-0.3, -0.25) is 4.57 Å². The van der Waals surface area contributed by atoms with Gasteiger partial charge in [-0.15, -0.1) is 0 Å². The van der Waals surface area contributed by atoms with Crippen molar-refractivity contribution in [1.29, 1.82) is 0 Å². The minimum atomic E-state index is -0.478. The molecule has 2 fully saturated rings. The van der Waals surface area contributed by atoms with Crippen molar-refractivity contribution in [2.75, 3.05) is 44.4 Å². The lowest BCUT2D eigenvalue weighted by Crippen LogP contribution is -2.36. The average molecular weight is 395 g/mol. The van der Waals surface area contributed by atoms with E-state index in [1.807, 2.05) is 0 Å². The topological polar surface area (TPSA) is 78.7 Å². The maximum Gasteiger partial charge on any atom is 0.374 e. The summed E-state index contributed by atoms with van der Waals surface area (Å²) in [6.45, 7) is 5.43. The predicted octanol–water partition coefficient (Wildman–Crippen LogP) is 2.80. The molecule has 2 saturated heterocycles. The Morgan fingerprint density at radius 1 is 1.30 bits per heavy atom. The van der Waals surface area contributed by atoms with Crippen molar-refractivity contribution in [2.24, 2.45) is 0 Å². The highest BCUT2D eigenvalue weighted by Crippen LogP contribution is 2.34. The number of rotatable bonds is 4. The van der Waals surface area contributed by atoms with Crippen LogP contribution in [0, 0.1) is 0 Å². The van der Waals surface area contributed by atoms with Crippen LogP contribution in [0.1, 0.15) is 43.0 Å². The van der Waals surface area contributed by atoms with Gasteiger partial charge in [-0.2, -0.15) is 0 Å². The highest BCUT2D eigenvalue weighted by molar-refractivity contribution is 6.30. The number of anilines is 1. The summed E-state index contributed by atoms with van der Waals surface area (Å²) in [6, 6.07) is 1.79. The van der Waals surface area contributed by atoms with E-state index in [-0.39, 0.29) is 18.7 Å². The first-order chi connectivity index (χ1) is 13.2. The number of nitrogens with zero attached hydrogens (tertiary/aromatic N) is 4. The van der Waals surface area contributed by atoms with Gasteiger partial charge in [0, 0.05) is 25.8 Å². The molecule has 4 heterocycles. The van der Waals surface area contributed by atoms with E-state index >= 15 is 0 Å². The van der Waals surface area contributed by atoms with Gasteiger partial charge in [0.1, 0.15) is 16.9 Å². The summed E-state index contributed by atoms with van der Waals surface area (Å²) in [4.78, 5) is 23.9. The molecular weight excluding hydrogens is 372 g/mol. The number of carbonyl (C=O) groups excluding carboxylic acids is 1. The van der Waals surface area contributed by atoms with Crippen LogP contribution in [0.25, 0.3) is 11.2 Å².